The molecule has 1 fully saturated rings. The van der Waals surface area contributed by atoms with Crippen LogP contribution in [0.25, 0.3) is 0 Å². The normalized spacial score (nSPS) is 22.9. The second-order valence-corrected chi connectivity index (χ2v) is 5.88. The summed E-state index contributed by atoms with van der Waals surface area (Å²) in [4.78, 5) is 13.5. The molecule has 1 aliphatic rings. The first-order valence-corrected chi connectivity index (χ1v) is 6.54. The number of aliphatic hydroxyl groups is 1. The number of hydrogen-bond donors (Lipinski definition) is 1. The molecule has 20 heavy (non-hydrogen) atoms. The SMILES string of the molecule is COc1cnn(C2CN(C(=O)OC(C)(C)C)CC2O)c1. The van der Waals surface area contributed by atoms with E-state index in [4.69, 9.17) is 9.47 Å². The van der Waals surface area contributed by atoms with Crippen LogP contribution in [0.4, 0.5) is 4.79 Å². The number of β-amino-alcohol motifs (C(OH)–C–C–N with tert-alkyl or cyclic N) is 1. The van der Waals surface area contributed by atoms with Crippen LogP contribution in [0.5, 0.6) is 5.75 Å². The molecule has 1 saturated heterocycles. The highest BCUT2D eigenvalue weighted by molar-refractivity contribution is 5.68. The first-order chi connectivity index (χ1) is 9.30. The van der Waals surface area contributed by atoms with Crippen molar-refractivity contribution in [2.75, 3.05) is 20.2 Å². The molecule has 7 heteroatoms. The molecule has 2 rings (SSSR count). The van der Waals surface area contributed by atoms with E-state index in [1.54, 1.807) is 24.2 Å². The van der Waals surface area contributed by atoms with Crippen molar-refractivity contribution in [1.29, 1.82) is 0 Å². The summed E-state index contributed by atoms with van der Waals surface area (Å²) >= 11 is 0. The lowest BCUT2D eigenvalue weighted by molar-refractivity contribution is 0.0270. The molecule has 1 aromatic heterocycles. The first-order valence-electron chi connectivity index (χ1n) is 6.54. The molecular weight excluding hydrogens is 262 g/mol. The van der Waals surface area contributed by atoms with Crippen molar-refractivity contribution in [3.8, 4) is 5.75 Å². The van der Waals surface area contributed by atoms with Gasteiger partial charge in [0.25, 0.3) is 0 Å². The van der Waals surface area contributed by atoms with Gasteiger partial charge in [0.05, 0.1) is 38.2 Å². The zero-order chi connectivity index (χ0) is 14.9. The molecule has 0 radical (unpaired) electrons. The quantitative estimate of drug-likeness (QED) is 0.877. The van der Waals surface area contributed by atoms with Crippen LogP contribution in [-0.2, 0) is 4.74 Å². The topological polar surface area (TPSA) is 76.8 Å². The van der Waals surface area contributed by atoms with Crippen LogP contribution in [0.3, 0.4) is 0 Å². The van der Waals surface area contributed by atoms with Gasteiger partial charge in [0.15, 0.2) is 5.75 Å². The summed E-state index contributed by atoms with van der Waals surface area (Å²) in [6, 6.07) is -0.286. The van der Waals surface area contributed by atoms with Crippen LogP contribution in [0, 0.1) is 0 Å². The van der Waals surface area contributed by atoms with Gasteiger partial charge in [-0.25, -0.2) is 4.79 Å². The minimum atomic E-state index is -0.674. The molecule has 1 aliphatic heterocycles. The van der Waals surface area contributed by atoms with Gasteiger partial charge < -0.3 is 19.5 Å². The van der Waals surface area contributed by atoms with Crippen LogP contribution in [0.15, 0.2) is 12.4 Å². The lowest BCUT2D eigenvalue weighted by Gasteiger charge is -2.24. The molecule has 2 atom stereocenters. The van der Waals surface area contributed by atoms with Crippen LogP contribution in [0.1, 0.15) is 26.8 Å². The van der Waals surface area contributed by atoms with Crippen LogP contribution < -0.4 is 4.74 Å². The molecule has 7 nitrogen and oxygen atoms in total. The second kappa shape index (κ2) is 5.32. The third-order valence-electron chi connectivity index (χ3n) is 3.06. The fourth-order valence-electron chi connectivity index (χ4n) is 2.11. The predicted molar refractivity (Wildman–Crippen MR) is 71.6 cm³/mol. The molecule has 2 unspecified atom stereocenters. The lowest BCUT2D eigenvalue weighted by atomic mass is 10.2. The summed E-state index contributed by atoms with van der Waals surface area (Å²) in [6.45, 7) is 6.04. The summed E-state index contributed by atoms with van der Waals surface area (Å²) < 4.78 is 12.0. The highest BCUT2D eigenvalue weighted by atomic mass is 16.6. The molecule has 0 aliphatic carbocycles. The summed E-state index contributed by atoms with van der Waals surface area (Å²) in [5, 5.41) is 14.2. The van der Waals surface area contributed by atoms with Gasteiger partial charge >= 0.3 is 6.09 Å². The van der Waals surface area contributed by atoms with E-state index in [0.717, 1.165) is 0 Å². The highest BCUT2D eigenvalue weighted by Crippen LogP contribution is 2.25. The Balaban J connectivity index is 2.03. The third kappa shape index (κ3) is 3.22. The fraction of sp³-hybridized carbons (Fsp3) is 0.692. The van der Waals surface area contributed by atoms with Crippen LogP contribution >= 0.6 is 0 Å². The summed E-state index contributed by atoms with van der Waals surface area (Å²) in [6.07, 6.45) is 2.18. The van der Waals surface area contributed by atoms with Crippen molar-refractivity contribution in [1.82, 2.24) is 14.7 Å². The van der Waals surface area contributed by atoms with Gasteiger partial charge in [-0.3, -0.25) is 4.68 Å². The van der Waals surface area contributed by atoms with Gasteiger partial charge in [0, 0.05) is 6.54 Å². The molecule has 0 spiro atoms. The Hall–Kier alpha value is -1.76. The number of amides is 1. The van der Waals surface area contributed by atoms with Crippen molar-refractivity contribution in [2.45, 2.75) is 38.5 Å². The summed E-state index contributed by atoms with van der Waals surface area (Å²) in [5.74, 6) is 0.618. The van der Waals surface area contributed by atoms with Gasteiger partial charge in [0.1, 0.15) is 5.60 Å². The molecule has 0 bridgehead atoms. The monoisotopic (exact) mass is 283 g/mol. The Kier molecular flexibility index (Phi) is 3.89. The Morgan fingerprint density at radius 3 is 2.70 bits per heavy atom. The zero-order valence-electron chi connectivity index (χ0n) is 12.2. The third-order valence-corrected chi connectivity index (χ3v) is 3.06. The molecule has 2 heterocycles. The summed E-state index contributed by atoms with van der Waals surface area (Å²) in [5.41, 5.74) is -0.547. The second-order valence-electron chi connectivity index (χ2n) is 5.88. The number of nitrogens with zero attached hydrogens (tertiary/aromatic N) is 3. The van der Waals surface area contributed by atoms with E-state index in [9.17, 15) is 9.90 Å². The Labute approximate surface area is 118 Å². The van der Waals surface area contributed by atoms with E-state index in [2.05, 4.69) is 5.10 Å². The number of carbonyl (C=O) groups excluding carboxylic acids is 1. The lowest BCUT2D eigenvalue weighted by Crippen LogP contribution is -2.35. The van der Waals surface area contributed by atoms with E-state index in [-0.39, 0.29) is 12.6 Å². The van der Waals surface area contributed by atoms with Crippen molar-refractivity contribution in [3.05, 3.63) is 12.4 Å². The molecule has 1 N–H and O–H groups in total. The maximum absolute atomic E-state index is 12.0. The van der Waals surface area contributed by atoms with Gasteiger partial charge in [-0.2, -0.15) is 5.10 Å². The van der Waals surface area contributed by atoms with Gasteiger partial charge in [0.2, 0.25) is 0 Å². The average Bonchev–Trinajstić information content (AvgIpc) is 2.92. The summed E-state index contributed by atoms with van der Waals surface area (Å²) in [7, 11) is 1.55. The first kappa shape index (κ1) is 14.6. The molecule has 0 saturated carbocycles. The molecule has 0 aromatic carbocycles. The number of likely N-dealkylation sites (tertiary alicyclic amines) is 1. The molecule has 1 aromatic rings. The average molecular weight is 283 g/mol. The van der Waals surface area contributed by atoms with Crippen molar-refractivity contribution >= 4 is 6.09 Å². The standard InChI is InChI=1S/C13H21N3O4/c1-13(2,3)20-12(18)15-7-10(11(17)8-15)16-6-9(19-4)5-14-16/h5-6,10-11,17H,7-8H2,1-4H3. The Bertz CT molecular complexity index is 480. The number of carbonyl (C=O) groups is 1. The minimum absolute atomic E-state index is 0.238. The largest absolute Gasteiger partial charge is 0.493 e. The van der Waals surface area contributed by atoms with Crippen molar-refractivity contribution in [2.24, 2.45) is 0 Å². The van der Waals surface area contributed by atoms with E-state index in [1.165, 1.54) is 4.90 Å². The minimum Gasteiger partial charge on any atom is -0.493 e. The number of aliphatic hydroxyl groups excluding tert-OH is 1. The van der Waals surface area contributed by atoms with Crippen molar-refractivity contribution < 1.29 is 19.4 Å². The van der Waals surface area contributed by atoms with Gasteiger partial charge in [-0.05, 0) is 20.8 Å². The highest BCUT2D eigenvalue weighted by Gasteiger charge is 2.37. The Morgan fingerprint density at radius 1 is 1.45 bits per heavy atom. The van der Waals surface area contributed by atoms with Crippen LogP contribution in [0.2, 0.25) is 0 Å². The maximum atomic E-state index is 12.0. The van der Waals surface area contributed by atoms with Gasteiger partial charge in [-0.15, -0.1) is 0 Å². The molecule has 112 valence electrons. The fourth-order valence-corrected chi connectivity index (χ4v) is 2.11. The number of rotatable bonds is 2. The van der Waals surface area contributed by atoms with E-state index >= 15 is 0 Å². The molecular formula is C13H21N3O4. The van der Waals surface area contributed by atoms with E-state index in [1.807, 2.05) is 20.8 Å². The Morgan fingerprint density at radius 2 is 2.15 bits per heavy atom. The molecule has 1 amide bonds. The van der Waals surface area contributed by atoms with E-state index < -0.39 is 17.8 Å². The van der Waals surface area contributed by atoms with Crippen LogP contribution in [-0.4, -0.2) is 57.8 Å². The zero-order valence-corrected chi connectivity index (χ0v) is 12.2. The van der Waals surface area contributed by atoms with Gasteiger partial charge in [-0.1, -0.05) is 0 Å². The maximum Gasteiger partial charge on any atom is 0.410 e. The number of aromatic nitrogens is 2. The van der Waals surface area contributed by atoms with Crippen molar-refractivity contribution in [3.63, 3.8) is 0 Å². The smallest absolute Gasteiger partial charge is 0.410 e. The number of hydrogen-bond acceptors (Lipinski definition) is 5. The number of methoxy groups -OCH3 is 1. The predicted octanol–water partition coefficient (Wildman–Crippen LogP) is 1.04. The number of ether oxygens (including phenoxy) is 2. The van der Waals surface area contributed by atoms with E-state index in [0.29, 0.717) is 12.3 Å².